The van der Waals surface area contributed by atoms with Crippen LogP contribution >= 0.6 is 0 Å². The summed E-state index contributed by atoms with van der Waals surface area (Å²) in [6.07, 6.45) is 0. The minimum absolute atomic E-state index is 0.0659. The molecule has 4 heteroatoms. The van der Waals surface area contributed by atoms with E-state index >= 15 is 0 Å². The minimum Gasteiger partial charge on any atom is -0.465 e. The van der Waals surface area contributed by atoms with Gasteiger partial charge in [0.25, 0.3) is 5.91 Å². The van der Waals surface area contributed by atoms with Gasteiger partial charge >= 0.3 is 5.97 Å². The van der Waals surface area contributed by atoms with Crippen LogP contribution in [0, 0.1) is 0 Å². The summed E-state index contributed by atoms with van der Waals surface area (Å²) in [5.74, 6) is -0.489. The molecular weight excluding hydrogens is 302 g/mol. The summed E-state index contributed by atoms with van der Waals surface area (Å²) in [6, 6.07) is 14.6. The largest absolute Gasteiger partial charge is 0.465 e. The van der Waals surface area contributed by atoms with Gasteiger partial charge in [-0.05, 0) is 40.8 Å². The highest BCUT2D eigenvalue weighted by Crippen LogP contribution is 2.22. The Balaban J connectivity index is 1.96. The third-order valence-corrected chi connectivity index (χ3v) is 3.84. The number of benzene rings is 2. The normalized spacial score (nSPS) is 11.0. The maximum atomic E-state index is 12.2. The van der Waals surface area contributed by atoms with E-state index in [0.29, 0.717) is 17.7 Å². The van der Waals surface area contributed by atoms with Gasteiger partial charge in [-0.15, -0.1) is 0 Å². The molecule has 0 fully saturated rings. The van der Waals surface area contributed by atoms with Crippen molar-refractivity contribution in [3.05, 3.63) is 70.8 Å². The Bertz CT molecular complexity index is 710. The van der Waals surface area contributed by atoms with Crippen LogP contribution in [0.25, 0.3) is 0 Å². The van der Waals surface area contributed by atoms with Crippen LogP contribution in [0.2, 0.25) is 0 Å². The number of carbonyl (C=O) groups is 2. The van der Waals surface area contributed by atoms with Crippen molar-refractivity contribution in [3.8, 4) is 0 Å². The molecule has 1 amide bonds. The van der Waals surface area contributed by atoms with E-state index in [4.69, 9.17) is 0 Å². The highest BCUT2D eigenvalue weighted by molar-refractivity contribution is 5.94. The average molecular weight is 325 g/mol. The second-order valence-electron chi connectivity index (χ2n) is 6.70. The van der Waals surface area contributed by atoms with Crippen molar-refractivity contribution < 1.29 is 14.3 Å². The first-order valence-corrected chi connectivity index (χ1v) is 7.87. The molecule has 0 atom stereocenters. The molecule has 24 heavy (non-hydrogen) atoms. The number of hydrogen-bond donors (Lipinski definition) is 1. The predicted molar refractivity (Wildman–Crippen MR) is 94.1 cm³/mol. The fourth-order valence-corrected chi connectivity index (χ4v) is 2.28. The smallest absolute Gasteiger partial charge is 0.337 e. The molecule has 0 bridgehead atoms. The molecule has 2 aromatic carbocycles. The zero-order valence-electron chi connectivity index (χ0n) is 14.6. The van der Waals surface area contributed by atoms with E-state index in [1.165, 1.54) is 12.7 Å². The molecule has 0 aliphatic rings. The molecule has 126 valence electrons. The molecular formula is C20H23NO3. The molecule has 4 nitrogen and oxygen atoms in total. The first-order chi connectivity index (χ1) is 11.3. The molecule has 2 aromatic rings. The van der Waals surface area contributed by atoms with Crippen LogP contribution in [0.15, 0.2) is 48.5 Å². The zero-order valence-corrected chi connectivity index (χ0v) is 14.6. The number of esters is 1. The molecule has 0 unspecified atom stereocenters. The maximum absolute atomic E-state index is 12.2. The third-order valence-electron chi connectivity index (χ3n) is 3.84. The Kier molecular flexibility index (Phi) is 5.39. The van der Waals surface area contributed by atoms with Crippen LogP contribution in [-0.2, 0) is 16.7 Å². The topological polar surface area (TPSA) is 55.4 Å². The van der Waals surface area contributed by atoms with Gasteiger partial charge in [-0.1, -0.05) is 45.0 Å². The lowest BCUT2D eigenvalue weighted by Gasteiger charge is -2.19. The molecule has 0 aromatic heterocycles. The van der Waals surface area contributed by atoms with E-state index in [0.717, 1.165) is 5.56 Å². The van der Waals surface area contributed by atoms with Crippen LogP contribution < -0.4 is 5.32 Å². The summed E-state index contributed by atoms with van der Waals surface area (Å²) in [4.78, 5) is 23.6. The number of carbonyl (C=O) groups excluding carboxylic acids is 2. The van der Waals surface area contributed by atoms with Gasteiger partial charge in [0, 0.05) is 12.1 Å². The Labute approximate surface area is 142 Å². The number of amides is 1. The van der Waals surface area contributed by atoms with E-state index in [1.54, 1.807) is 24.3 Å². The third kappa shape index (κ3) is 4.44. The van der Waals surface area contributed by atoms with E-state index in [9.17, 15) is 9.59 Å². The standard InChI is InChI=1S/C20H23NO3/c1-20(2,3)17-11-9-15(10-12-17)18(22)21-13-14-5-7-16(8-6-14)19(23)24-4/h5-12H,13H2,1-4H3,(H,21,22). The van der Waals surface area contributed by atoms with Crippen molar-refractivity contribution >= 4 is 11.9 Å². The highest BCUT2D eigenvalue weighted by atomic mass is 16.5. The highest BCUT2D eigenvalue weighted by Gasteiger charge is 2.14. The van der Waals surface area contributed by atoms with Crippen LogP contribution in [0.1, 0.15) is 52.6 Å². The first kappa shape index (κ1) is 17.7. The SMILES string of the molecule is COC(=O)c1ccc(CNC(=O)c2ccc(C(C)(C)C)cc2)cc1. The lowest BCUT2D eigenvalue weighted by atomic mass is 9.87. The molecule has 2 rings (SSSR count). The molecule has 0 heterocycles. The van der Waals surface area contributed by atoms with Gasteiger partial charge in [0.05, 0.1) is 12.7 Å². The molecule has 0 aliphatic carbocycles. The van der Waals surface area contributed by atoms with Crippen LogP contribution in [0.4, 0.5) is 0 Å². The van der Waals surface area contributed by atoms with Crippen molar-refractivity contribution in [2.24, 2.45) is 0 Å². The summed E-state index contributed by atoms with van der Waals surface area (Å²) in [7, 11) is 1.35. The molecule has 0 saturated heterocycles. The Morgan fingerprint density at radius 2 is 1.46 bits per heavy atom. The van der Waals surface area contributed by atoms with Crippen molar-refractivity contribution in [3.63, 3.8) is 0 Å². The van der Waals surface area contributed by atoms with Crippen LogP contribution in [0.3, 0.4) is 0 Å². The number of nitrogens with one attached hydrogen (secondary N) is 1. The Morgan fingerprint density at radius 3 is 1.96 bits per heavy atom. The fourth-order valence-electron chi connectivity index (χ4n) is 2.28. The predicted octanol–water partition coefficient (Wildman–Crippen LogP) is 3.70. The summed E-state index contributed by atoms with van der Waals surface area (Å²) >= 11 is 0. The van der Waals surface area contributed by atoms with Gasteiger partial charge in [-0.25, -0.2) is 4.79 Å². The average Bonchev–Trinajstić information content (AvgIpc) is 2.58. The molecule has 0 aliphatic heterocycles. The van der Waals surface area contributed by atoms with Crippen LogP contribution in [0.5, 0.6) is 0 Å². The van der Waals surface area contributed by atoms with Crippen molar-refractivity contribution in [1.29, 1.82) is 0 Å². The second-order valence-corrected chi connectivity index (χ2v) is 6.70. The molecule has 0 saturated carbocycles. The lowest BCUT2D eigenvalue weighted by molar-refractivity contribution is 0.0600. The quantitative estimate of drug-likeness (QED) is 0.872. The summed E-state index contributed by atoms with van der Waals surface area (Å²) < 4.78 is 4.66. The Hall–Kier alpha value is -2.62. The molecule has 0 spiro atoms. The zero-order chi connectivity index (χ0) is 17.7. The molecule has 1 N–H and O–H groups in total. The second kappa shape index (κ2) is 7.30. The van der Waals surface area contributed by atoms with Crippen molar-refractivity contribution in [2.75, 3.05) is 7.11 Å². The van der Waals surface area contributed by atoms with Crippen molar-refractivity contribution in [2.45, 2.75) is 32.7 Å². The Morgan fingerprint density at radius 1 is 0.917 bits per heavy atom. The van der Waals surface area contributed by atoms with Gasteiger partial charge in [0.15, 0.2) is 0 Å². The van der Waals surface area contributed by atoms with Crippen molar-refractivity contribution in [1.82, 2.24) is 5.32 Å². The summed E-state index contributed by atoms with van der Waals surface area (Å²) in [5.41, 5.74) is 3.30. The van der Waals surface area contributed by atoms with Gasteiger partial charge in [0.2, 0.25) is 0 Å². The number of methoxy groups -OCH3 is 1. The summed E-state index contributed by atoms with van der Waals surface area (Å²) in [6.45, 7) is 6.82. The first-order valence-electron chi connectivity index (χ1n) is 7.87. The fraction of sp³-hybridized carbons (Fsp3) is 0.300. The van der Waals surface area contributed by atoms with Gasteiger partial charge in [0.1, 0.15) is 0 Å². The van der Waals surface area contributed by atoms with Crippen LogP contribution in [-0.4, -0.2) is 19.0 Å². The van der Waals surface area contributed by atoms with Gasteiger partial charge in [-0.3, -0.25) is 4.79 Å². The van der Waals surface area contributed by atoms with E-state index < -0.39 is 0 Å². The monoisotopic (exact) mass is 325 g/mol. The van der Waals surface area contributed by atoms with Gasteiger partial charge in [-0.2, -0.15) is 0 Å². The lowest BCUT2D eigenvalue weighted by Crippen LogP contribution is -2.23. The minimum atomic E-state index is -0.371. The van der Waals surface area contributed by atoms with E-state index in [2.05, 4.69) is 30.8 Å². The number of hydrogen-bond acceptors (Lipinski definition) is 3. The number of rotatable bonds is 4. The van der Waals surface area contributed by atoms with E-state index in [-0.39, 0.29) is 17.3 Å². The molecule has 0 radical (unpaired) electrons. The summed E-state index contributed by atoms with van der Waals surface area (Å²) in [5, 5.41) is 2.88. The maximum Gasteiger partial charge on any atom is 0.337 e. The van der Waals surface area contributed by atoms with Gasteiger partial charge < -0.3 is 10.1 Å². The number of ether oxygens (including phenoxy) is 1. The van der Waals surface area contributed by atoms with E-state index in [1.807, 2.05) is 24.3 Å².